The van der Waals surface area contributed by atoms with Crippen molar-refractivity contribution in [3.05, 3.63) is 65.5 Å². The molecule has 0 atom stereocenters. The van der Waals surface area contributed by atoms with Gasteiger partial charge in [-0.2, -0.15) is 0 Å². The van der Waals surface area contributed by atoms with E-state index in [-0.39, 0.29) is 29.7 Å². The summed E-state index contributed by atoms with van der Waals surface area (Å²) in [4.78, 5) is 40.1. The van der Waals surface area contributed by atoms with E-state index in [1.54, 1.807) is 48.2 Å². The second-order valence-electron chi connectivity index (χ2n) is 6.78. The molecule has 0 radical (unpaired) electrons. The predicted molar refractivity (Wildman–Crippen MR) is 106 cm³/mol. The van der Waals surface area contributed by atoms with Crippen molar-refractivity contribution in [1.82, 2.24) is 4.90 Å². The first-order chi connectivity index (χ1) is 14.0. The van der Waals surface area contributed by atoms with Gasteiger partial charge in [0, 0.05) is 26.1 Å². The number of halogens is 1. The summed E-state index contributed by atoms with van der Waals surface area (Å²) in [5.74, 6) is -1.44. The fourth-order valence-electron chi connectivity index (χ4n) is 3.31. The molecule has 29 heavy (non-hydrogen) atoms. The third-order valence-electron chi connectivity index (χ3n) is 4.81. The Kier molecular flexibility index (Phi) is 6.59. The number of ether oxygens (including phenoxy) is 1. The lowest BCUT2D eigenvalue weighted by atomic mass is 10.1. The molecule has 0 unspecified atom stereocenters. The van der Waals surface area contributed by atoms with Gasteiger partial charge in [-0.1, -0.05) is 24.3 Å². The minimum atomic E-state index is -0.657. The van der Waals surface area contributed by atoms with Crippen molar-refractivity contribution in [2.45, 2.75) is 26.3 Å². The summed E-state index contributed by atoms with van der Waals surface area (Å²) in [6.45, 7) is 2.55. The van der Waals surface area contributed by atoms with Crippen LogP contribution in [0.4, 0.5) is 10.1 Å². The molecule has 1 fully saturated rings. The van der Waals surface area contributed by atoms with Gasteiger partial charge in [-0.05, 0) is 43.2 Å². The largest absolute Gasteiger partial charge is 0.452 e. The smallest absolute Gasteiger partial charge is 0.340 e. The second kappa shape index (κ2) is 9.32. The molecule has 0 aromatic heterocycles. The molecule has 0 saturated carbocycles. The molecule has 1 aliphatic heterocycles. The molecule has 1 aliphatic rings. The lowest BCUT2D eigenvalue weighted by molar-refractivity contribution is -0.135. The zero-order valence-corrected chi connectivity index (χ0v) is 16.3. The molecule has 2 aromatic rings. The highest BCUT2D eigenvalue weighted by molar-refractivity contribution is 6.03. The number of nitrogens with zero attached hydrogens (tertiary/aromatic N) is 2. The van der Waals surface area contributed by atoms with Gasteiger partial charge in [0.2, 0.25) is 5.91 Å². The summed E-state index contributed by atoms with van der Waals surface area (Å²) in [5, 5.41) is 0. The summed E-state index contributed by atoms with van der Waals surface area (Å²) >= 11 is 0. The van der Waals surface area contributed by atoms with Gasteiger partial charge in [-0.15, -0.1) is 0 Å². The van der Waals surface area contributed by atoms with Crippen LogP contribution in [-0.2, 0) is 20.9 Å². The number of amides is 2. The lowest BCUT2D eigenvalue weighted by Crippen LogP contribution is -2.34. The Morgan fingerprint density at radius 2 is 1.97 bits per heavy atom. The number of anilines is 1. The molecule has 0 N–H and O–H groups in total. The number of likely N-dealkylation sites (N-methyl/N-ethyl adjacent to an activating group) is 1. The number of carbonyl (C=O) groups is 3. The zero-order valence-electron chi connectivity index (χ0n) is 16.3. The van der Waals surface area contributed by atoms with Crippen molar-refractivity contribution >= 4 is 23.5 Å². The third-order valence-corrected chi connectivity index (χ3v) is 4.81. The van der Waals surface area contributed by atoms with Crippen molar-refractivity contribution in [1.29, 1.82) is 0 Å². The fraction of sp³-hybridized carbons (Fsp3) is 0.318. The summed E-state index contributed by atoms with van der Waals surface area (Å²) in [6.07, 6.45) is 1.19. The molecule has 2 aromatic carbocycles. The van der Waals surface area contributed by atoms with Gasteiger partial charge >= 0.3 is 5.97 Å². The van der Waals surface area contributed by atoms with Crippen LogP contribution in [0.15, 0.2) is 48.5 Å². The van der Waals surface area contributed by atoms with Crippen LogP contribution in [0.5, 0.6) is 0 Å². The van der Waals surface area contributed by atoms with Crippen LogP contribution in [0.25, 0.3) is 0 Å². The molecule has 152 valence electrons. The normalized spacial score (nSPS) is 13.4. The zero-order chi connectivity index (χ0) is 20.8. The topological polar surface area (TPSA) is 66.9 Å². The number of hydrogen-bond donors (Lipinski definition) is 0. The molecule has 0 bridgehead atoms. The molecule has 0 spiro atoms. The van der Waals surface area contributed by atoms with Crippen LogP contribution in [0.3, 0.4) is 0 Å². The minimum absolute atomic E-state index is 0.0337. The van der Waals surface area contributed by atoms with E-state index in [4.69, 9.17) is 4.74 Å². The SMILES string of the molecule is CCN(Cc1cccc(F)c1)C(=O)COC(=O)c1ccccc1N1CCCC1=O. The average molecular weight is 398 g/mol. The van der Waals surface area contributed by atoms with Crippen LogP contribution >= 0.6 is 0 Å². The fourth-order valence-corrected chi connectivity index (χ4v) is 3.31. The Labute approximate surface area is 168 Å². The monoisotopic (exact) mass is 398 g/mol. The average Bonchev–Trinajstić information content (AvgIpc) is 3.15. The minimum Gasteiger partial charge on any atom is -0.452 e. The quantitative estimate of drug-likeness (QED) is 0.672. The van der Waals surface area contributed by atoms with Gasteiger partial charge in [0.05, 0.1) is 11.3 Å². The van der Waals surface area contributed by atoms with Crippen molar-refractivity contribution in [3.8, 4) is 0 Å². The van der Waals surface area contributed by atoms with Crippen molar-refractivity contribution in [2.75, 3.05) is 24.6 Å². The summed E-state index contributed by atoms with van der Waals surface area (Å²) in [5.41, 5.74) is 1.41. The van der Waals surface area contributed by atoms with Crippen LogP contribution in [-0.4, -0.2) is 42.4 Å². The highest BCUT2D eigenvalue weighted by Crippen LogP contribution is 2.26. The summed E-state index contributed by atoms with van der Waals surface area (Å²) < 4.78 is 18.6. The summed E-state index contributed by atoms with van der Waals surface area (Å²) in [7, 11) is 0. The van der Waals surface area contributed by atoms with E-state index < -0.39 is 12.6 Å². The maximum Gasteiger partial charge on any atom is 0.340 e. The Balaban J connectivity index is 1.64. The number of benzene rings is 2. The summed E-state index contributed by atoms with van der Waals surface area (Å²) in [6, 6.07) is 12.7. The standard InChI is InChI=1S/C22H23FN2O4/c1-2-24(14-16-7-5-8-17(23)13-16)21(27)15-29-22(28)18-9-3-4-10-19(18)25-12-6-11-20(25)26/h3-5,7-10,13H,2,6,11-12,14-15H2,1H3. The molecule has 1 saturated heterocycles. The van der Waals surface area contributed by atoms with Crippen LogP contribution in [0.1, 0.15) is 35.7 Å². The molecular formula is C22H23FN2O4. The van der Waals surface area contributed by atoms with Crippen LogP contribution in [0, 0.1) is 5.82 Å². The Bertz CT molecular complexity index is 915. The third kappa shape index (κ3) is 4.99. The first-order valence-electron chi connectivity index (χ1n) is 9.58. The Morgan fingerprint density at radius 1 is 1.17 bits per heavy atom. The van der Waals surface area contributed by atoms with E-state index >= 15 is 0 Å². The first kappa shape index (κ1) is 20.5. The second-order valence-corrected chi connectivity index (χ2v) is 6.78. The van der Waals surface area contributed by atoms with Gasteiger partial charge in [-0.3, -0.25) is 9.59 Å². The van der Waals surface area contributed by atoms with E-state index in [9.17, 15) is 18.8 Å². The number of rotatable bonds is 7. The van der Waals surface area contributed by atoms with Crippen LogP contribution in [0.2, 0.25) is 0 Å². The number of hydrogen-bond acceptors (Lipinski definition) is 4. The Morgan fingerprint density at radius 3 is 2.66 bits per heavy atom. The van der Waals surface area contributed by atoms with Crippen molar-refractivity contribution in [2.24, 2.45) is 0 Å². The molecule has 6 nitrogen and oxygen atoms in total. The molecular weight excluding hydrogens is 375 g/mol. The molecule has 3 rings (SSSR count). The highest BCUT2D eigenvalue weighted by Gasteiger charge is 2.26. The lowest BCUT2D eigenvalue weighted by Gasteiger charge is -2.22. The van der Waals surface area contributed by atoms with Crippen molar-refractivity contribution in [3.63, 3.8) is 0 Å². The van der Waals surface area contributed by atoms with Gasteiger partial charge in [0.25, 0.3) is 5.91 Å². The maximum atomic E-state index is 13.4. The number of esters is 1. The highest BCUT2D eigenvalue weighted by atomic mass is 19.1. The van der Waals surface area contributed by atoms with Gasteiger partial charge in [-0.25, -0.2) is 9.18 Å². The van der Waals surface area contributed by atoms with E-state index in [0.29, 0.717) is 30.8 Å². The van der Waals surface area contributed by atoms with E-state index in [2.05, 4.69) is 0 Å². The van der Waals surface area contributed by atoms with E-state index in [0.717, 1.165) is 6.42 Å². The van der Waals surface area contributed by atoms with Crippen molar-refractivity contribution < 1.29 is 23.5 Å². The maximum absolute atomic E-state index is 13.4. The number of carbonyl (C=O) groups excluding carboxylic acids is 3. The van der Waals surface area contributed by atoms with Crippen LogP contribution < -0.4 is 4.90 Å². The van der Waals surface area contributed by atoms with Gasteiger partial charge in [0.15, 0.2) is 6.61 Å². The van der Waals surface area contributed by atoms with Gasteiger partial charge < -0.3 is 14.5 Å². The predicted octanol–water partition coefficient (Wildman–Crippen LogP) is 3.16. The first-order valence-corrected chi connectivity index (χ1v) is 9.58. The molecule has 7 heteroatoms. The van der Waals surface area contributed by atoms with Gasteiger partial charge in [0.1, 0.15) is 5.82 Å². The molecule has 0 aliphatic carbocycles. The van der Waals surface area contributed by atoms with E-state index in [1.807, 2.05) is 0 Å². The molecule has 2 amide bonds. The van der Waals surface area contributed by atoms with E-state index in [1.165, 1.54) is 17.0 Å². The Hall–Kier alpha value is -3.22. The molecule has 1 heterocycles. The number of para-hydroxylation sites is 1.